The largest absolute Gasteiger partial charge is 0.364 e. The number of ether oxygens (including phenoxy) is 1. The molecule has 1 aromatic carbocycles. The molecule has 2 amide bonds. The molecular weight excluding hydrogens is 320 g/mol. The first-order valence-electron chi connectivity index (χ1n) is 8.48. The fourth-order valence-electron chi connectivity index (χ4n) is 3.52. The number of hydrogen-bond acceptors (Lipinski definition) is 4. The fourth-order valence-corrected chi connectivity index (χ4v) is 3.52. The zero-order valence-electron chi connectivity index (χ0n) is 14.0. The number of nitrogens with zero attached hydrogens (tertiary/aromatic N) is 4. The zero-order chi connectivity index (χ0) is 17.4. The Morgan fingerprint density at radius 3 is 2.80 bits per heavy atom. The monoisotopic (exact) mass is 340 g/mol. The van der Waals surface area contributed by atoms with Crippen LogP contribution in [-0.2, 0) is 16.1 Å². The smallest absolute Gasteiger partial charge is 0.257 e. The van der Waals surface area contributed by atoms with Gasteiger partial charge in [-0.25, -0.2) is 0 Å². The maximum absolute atomic E-state index is 12.8. The van der Waals surface area contributed by atoms with Crippen LogP contribution in [0.25, 0.3) is 0 Å². The minimum absolute atomic E-state index is 0.0475. The zero-order valence-corrected chi connectivity index (χ0v) is 14.0. The first-order chi connectivity index (χ1) is 12.2. The Bertz CT molecular complexity index is 789. The Balaban J connectivity index is 1.56. The maximum Gasteiger partial charge on any atom is 0.257 e. The Hall–Kier alpha value is -2.67. The third-order valence-corrected chi connectivity index (χ3v) is 4.78. The molecule has 7 heteroatoms. The Morgan fingerprint density at radius 2 is 2.08 bits per heavy atom. The van der Waals surface area contributed by atoms with E-state index in [2.05, 4.69) is 5.10 Å². The van der Waals surface area contributed by atoms with Crippen molar-refractivity contribution >= 4 is 17.5 Å². The van der Waals surface area contributed by atoms with Gasteiger partial charge in [0.05, 0.1) is 23.9 Å². The Kier molecular flexibility index (Phi) is 4.01. The van der Waals surface area contributed by atoms with Crippen LogP contribution in [0.2, 0.25) is 0 Å². The molecule has 25 heavy (non-hydrogen) atoms. The van der Waals surface area contributed by atoms with Gasteiger partial charge in [0.15, 0.2) is 0 Å². The number of likely N-dealkylation sites (tertiary alicyclic amines) is 1. The van der Waals surface area contributed by atoms with Gasteiger partial charge in [-0.05, 0) is 19.1 Å². The fraction of sp³-hybridized carbons (Fsp3) is 0.389. The van der Waals surface area contributed by atoms with Crippen molar-refractivity contribution in [3.8, 4) is 0 Å². The second kappa shape index (κ2) is 6.33. The van der Waals surface area contributed by atoms with Gasteiger partial charge in [0, 0.05) is 31.5 Å². The van der Waals surface area contributed by atoms with E-state index in [1.54, 1.807) is 26.9 Å². The SMILES string of the molecule is CCn1cc(C(=O)N2C[C@@H]3OCC(=O)N(c4ccccc4)[C@H]3C2)cn1. The molecule has 2 aliphatic heterocycles. The van der Waals surface area contributed by atoms with Crippen LogP contribution in [0.15, 0.2) is 42.7 Å². The number of aromatic nitrogens is 2. The summed E-state index contributed by atoms with van der Waals surface area (Å²) in [6.07, 6.45) is 3.18. The van der Waals surface area contributed by atoms with Gasteiger partial charge in [-0.3, -0.25) is 14.3 Å². The molecular formula is C18H20N4O3. The number of anilines is 1. The summed E-state index contributed by atoms with van der Waals surface area (Å²) in [5.74, 6) is -0.140. The lowest BCUT2D eigenvalue weighted by Crippen LogP contribution is -2.54. The molecule has 0 aliphatic carbocycles. The van der Waals surface area contributed by atoms with E-state index < -0.39 is 0 Å². The summed E-state index contributed by atoms with van der Waals surface area (Å²) in [5.41, 5.74) is 1.41. The number of carbonyl (C=O) groups excluding carboxylic acids is 2. The summed E-state index contributed by atoms with van der Waals surface area (Å²) in [6, 6.07) is 9.40. The summed E-state index contributed by atoms with van der Waals surface area (Å²) in [4.78, 5) is 28.7. The third-order valence-electron chi connectivity index (χ3n) is 4.78. The van der Waals surface area contributed by atoms with Crippen molar-refractivity contribution in [2.75, 3.05) is 24.6 Å². The summed E-state index contributed by atoms with van der Waals surface area (Å²) >= 11 is 0. The standard InChI is InChI=1S/C18H20N4O3/c1-2-21-9-13(8-19-21)18(24)20-10-15-16(11-20)25-12-17(23)22(15)14-6-4-3-5-7-14/h3-9,15-16H,2,10-12H2,1H3/t15-,16-/m0/s1. The van der Waals surface area contributed by atoms with E-state index in [-0.39, 0.29) is 30.6 Å². The molecule has 7 nitrogen and oxygen atoms in total. The van der Waals surface area contributed by atoms with E-state index in [1.165, 1.54) is 0 Å². The number of fused-ring (bicyclic) bond motifs is 1. The van der Waals surface area contributed by atoms with Crippen molar-refractivity contribution in [2.45, 2.75) is 25.6 Å². The van der Waals surface area contributed by atoms with Gasteiger partial charge in [0.2, 0.25) is 0 Å². The molecule has 4 rings (SSSR count). The van der Waals surface area contributed by atoms with Crippen molar-refractivity contribution < 1.29 is 14.3 Å². The average molecular weight is 340 g/mol. The van der Waals surface area contributed by atoms with E-state index in [0.29, 0.717) is 18.7 Å². The molecule has 130 valence electrons. The van der Waals surface area contributed by atoms with Gasteiger partial charge in [-0.2, -0.15) is 5.10 Å². The molecule has 0 N–H and O–H groups in total. The second-order valence-electron chi connectivity index (χ2n) is 6.31. The van der Waals surface area contributed by atoms with Crippen LogP contribution in [0.4, 0.5) is 5.69 Å². The van der Waals surface area contributed by atoms with Gasteiger partial charge in [0.25, 0.3) is 11.8 Å². The lowest BCUT2D eigenvalue weighted by molar-refractivity contribution is -0.130. The first-order valence-corrected chi connectivity index (χ1v) is 8.48. The highest BCUT2D eigenvalue weighted by Crippen LogP contribution is 2.29. The number of aryl methyl sites for hydroxylation is 1. The van der Waals surface area contributed by atoms with Crippen LogP contribution in [0, 0.1) is 0 Å². The average Bonchev–Trinajstić information content (AvgIpc) is 3.28. The van der Waals surface area contributed by atoms with Crippen molar-refractivity contribution in [1.29, 1.82) is 0 Å². The van der Waals surface area contributed by atoms with Crippen LogP contribution in [-0.4, -0.2) is 58.3 Å². The summed E-state index contributed by atoms with van der Waals surface area (Å²) < 4.78 is 7.43. The number of amides is 2. The van der Waals surface area contributed by atoms with Gasteiger partial charge >= 0.3 is 0 Å². The normalized spacial score (nSPS) is 23.0. The molecule has 2 saturated heterocycles. The molecule has 3 heterocycles. The molecule has 0 radical (unpaired) electrons. The van der Waals surface area contributed by atoms with Crippen molar-refractivity contribution in [1.82, 2.24) is 14.7 Å². The van der Waals surface area contributed by atoms with Crippen LogP contribution >= 0.6 is 0 Å². The van der Waals surface area contributed by atoms with Gasteiger partial charge < -0.3 is 14.5 Å². The molecule has 2 atom stereocenters. The number of hydrogen-bond donors (Lipinski definition) is 0. The molecule has 0 spiro atoms. The predicted octanol–water partition coefficient (Wildman–Crippen LogP) is 1.16. The second-order valence-corrected chi connectivity index (χ2v) is 6.31. The van der Waals surface area contributed by atoms with Crippen LogP contribution < -0.4 is 4.90 Å². The Morgan fingerprint density at radius 1 is 1.28 bits per heavy atom. The molecule has 0 unspecified atom stereocenters. The minimum Gasteiger partial charge on any atom is -0.364 e. The minimum atomic E-state index is -0.164. The number of carbonyl (C=O) groups is 2. The van der Waals surface area contributed by atoms with Crippen molar-refractivity contribution in [2.24, 2.45) is 0 Å². The van der Waals surface area contributed by atoms with E-state index >= 15 is 0 Å². The maximum atomic E-state index is 12.8. The highest BCUT2D eigenvalue weighted by Gasteiger charge is 2.45. The molecule has 0 saturated carbocycles. The molecule has 2 aromatic rings. The summed E-state index contributed by atoms with van der Waals surface area (Å²) in [5, 5.41) is 4.17. The molecule has 2 fully saturated rings. The van der Waals surface area contributed by atoms with Gasteiger partial charge in [-0.15, -0.1) is 0 Å². The van der Waals surface area contributed by atoms with Gasteiger partial charge in [-0.1, -0.05) is 18.2 Å². The van der Waals surface area contributed by atoms with Crippen LogP contribution in [0.1, 0.15) is 17.3 Å². The topological polar surface area (TPSA) is 67.7 Å². The number of morpholine rings is 1. The summed E-state index contributed by atoms with van der Waals surface area (Å²) in [7, 11) is 0. The molecule has 1 aromatic heterocycles. The summed E-state index contributed by atoms with van der Waals surface area (Å²) in [6.45, 7) is 3.69. The molecule has 2 aliphatic rings. The third kappa shape index (κ3) is 2.80. The van der Waals surface area contributed by atoms with Crippen molar-refractivity contribution in [3.05, 3.63) is 48.3 Å². The van der Waals surface area contributed by atoms with E-state index in [0.717, 1.165) is 12.2 Å². The Labute approximate surface area is 145 Å². The number of rotatable bonds is 3. The van der Waals surface area contributed by atoms with Crippen LogP contribution in [0.3, 0.4) is 0 Å². The molecule has 0 bridgehead atoms. The predicted molar refractivity (Wildman–Crippen MR) is 91.3 cm³/mol. The van der Waals surface area contributed by atoms with Crippen LogP contribution in [0.5, 0.6) is 0 Å². The first kappa shape index (κ1) is 15.8. The van der Waals surface area contributed by atoms with E-state index in [9.17, 15) is 9.59 Å². The van der Waals surface area contributed by atoms with Gasteiger partial charge in [0.1, 0.15) is 6.61 Å². The highest BCUT2D eigenvalue weighted by atomic mass is 16.5. The lowest BCUT2D eigenvalue weighted by atomic mass is 10.1. The number of para-hydroxylation sites is 1. The number of benzene rings is 1. The van der Waals surface area contributed by atoms with Crippen molar-refractivity contribution in [3.63, 3.8) is 0 Å². The highest BCUT2D eigenvalue weighted by molar-refractivity contribution is 5.97. The lowest BCUT2D eigenvalue weighted by Gasteiger charge is -2.36. The van der Waals surface area contributed by atoms with E-state index in [1.807, 2.05) is 37.3 Å². The quantitative estimate of drug-likeness (QED) is 0.841. The van der Waals surface area contributed by atoms with E-state index in [4.69, 9.17) is 4.74 Å².